The molecule has 1 unspecified atom stereocenters. The van der Waals surface area contributed by atoms with Gasteiger partial charge in [0.15, 0.2) is 11.6 Å². The molecule has 4 aromatic rings. The van der Waals surface area contributed by atoms with Crippen molar-refractivity contribution in [3.63, 3.8) is 0 Å². The summed E-state index contributed by atoms with van der Waals surface area (Å²) in [7, 11) is 0. The number of hydrogen-bond acceptors (Lipinski definition) is 5. The molecular formula is C34H32F2O5. The lowest BCUT2D eigenvalue weighted by Crippen LogP contribution is -2.06. The van der Waals surface area contributed by atoms with E-state index in [1.807, 2.05) is 42.5 Å². The van der Waals surface area contributed by atoms with Gasteiger partial charge in [-0.3, -0.25) is 4.79 Å². The van der Waals surface area contributed by atoms with E-state index in [1.165, 1.54) is 30.5 Å². The summed E-state index contributed by atoms with van der Waals surface area (Å²) < 4.78 is 51.5. The minimum Gasteiger partial charge on any atom is -0.486 e. The van der Waals surface area contributed by atoms with Crippen LogP contribution in [0.4, 0.5) is 8.78 Å². The third-order valence-electron chi connectivity index (χ3n) is 7.05. The van der Waals surface area contributed by atoms with Crippen LogP contribution in [0.2, 0.25) is 0 Å². The first-order valence-electron chi connectivity index (χ1n) is 13.8. The molecule has 6 rings (SSSR count). The molecule has 0 bridgehead atoms. The number of rotatable bonds is 10. The number of ether oxygens (including phenoxy) is 4. The maximum atomic E-state index is 14.9. The molecule has 0 amide bonds. The number of carbonyl (C=O) groups is 1. The Kier molecular flexibility index (Phi) is 9.14. The zero-order chi connectivity index (χ0) is 28.6. The summed E-state index contributed by atoms with van der Waals surface area (Å²) in [4.78, 5) is 9.18. The van der Waals surface area contributed by atoms with Gasteiger partial charge in [-0.05, 0) is 86.1 Å². The van der Waals surface area contributed by atoms with Crippen molar-refractivity contribution in [1.29, 1.82) is 0 Å². The van der Waals surface area contributed by atoms with Gasteiger partial charge in [0.1, 0.15) is 35.8 Å². The van der Waals surface area contributed by atoms with Gasteiger partial charge in [0, 0.05) is 17.2 Å². The average molecular weight is 559 g/mol. The zero-order valence-electron chi connectivity index (χ0n) is 22.9. The highest BCUT2D eigenvalue weighted by Crippen LogP contribution is 2.44. The summed E-state index contributed by atoms with van der Waals surface area (Å²) in [5.74, 6) is 1.57. The molecule has 0 aromatic heterocycles. The molecule has 0 saturated heterocycles. The second kappa shape index (κ2) is 13.3. The molecule has 0 radical (unpaired) electrons. The van der Waals surface area contributed by atoms with Gasteiger partial charge in [-0.15, -0.1) is 0 Å². The Labute approximate surface area is 238 Å². The van der Waals surface area contributed by atoms with Gasteiger partial charge >= 0.3 is 0 Å². The van der Waals surface area contributed by atoms with Crippen LogP contribution in [0.5, 0.6) is 23.0 Å². The summed E-state index contributed by atoms with van der Waals surface area (Å²) >= 11 is 0. The Hall–Kier alpha value is -4.39. The molecule has 5 nitrogen and oxygen atoms in total. The zero-order valence-corrected chi connectivity index (χ0v) is 22.9. The molecule has 4 aromatic carbocycles. The van der Waals surface area contributed by atoms with Crippen LogP contribution < -0.4 is 14.2 Å². The maximum absolute atomic E-state index is 14.9. The van der Waals surface area contributed by atoms with Gasteiger partial charge < -0.3 is 18.9 Å². The maximum Gasteiger partial charge on any atom is 0.293 e. The molecule has 212 valence electrons. The lowest BCUT2D eigenvalue weighted by Gasteiger charge is -2.17. The Bertz CT molecular complexity index is 1450. The van der Waals surface area contributed by atoms with Crippen LogP contribution in [0.15, 0.2) is 84.9 Å². The Balaban J connectivity index is 0.000000623. The lowest BCUT2D eigenvalue weighted by atomic mass is 10.1. The molecule has 1 fully saturated rings. The molecule has 0 heterocycles. The van der Waals surface area contributed by atoms with Crippen molar-refractivity contribution in [3.05, 3.63) is 119 Å². The molecule has 1 saturated carbocycles. The van der Waals surface area contributed by atoms with Crippen molar-refractivity contribution in [2.24, 2.45) is 0 Å². The van der Waals surface area contributed by atoms with Crippen molar-refractivity contribution in [1.82, 2.24) is 0 Å². The van der Waals surface area contributed by atoms with Crippen LogP contribution in [0.1, 0.15) is 60.5 Å². The van der Waals surface area contributed by atoms with E-state index in [0.717, 1.165) is 16.9 Å². The van der Waals surface area contributed by atoms with Crippen LogP contribution in [0.3, 0.4) is 0 Å². The van der Waals surface area contributed by atoms with Crippen molar-refractivity contribution in [3.8, 4) is 23.0 Å². The molecule has 0 aliphatic heterocycles. The third-order valence-corrected chi connectivity index (χ3v) is 7.05. The fourth-order valence-corrected chi connectivity index (χ4v) is 4.85. The molecule has 2 aliphatic carbocycles. The van der Waals surface area contributed by atoms with Crippen LogP contribution in [-0.4, -0.2) is 13.1 Å². The van der Waals surface area contributed by atoms with Gasteiger partial charge in [-0.2, -0.15) is 0 Å². The van der Waals surface area contributed by atoms with Crippen LogP contribution in [0.25, 0.3) is 0 Å². The van der Waals surface area contributed by atoms with E-state index in [0.29, 0.717) is 48.9 Å². The average Bonchev–Trinajstić information content (AvgIpc) is 3.76. The van der Waals surface area contributed by atoms with E-state index in [1.54, 1.807) is 25.1 Å². The van der Waals surface area contributed by atoms with Gasteiger partial charge in [-0.1, -0.05) is 42.5 Å². The highest BCUT2D eigenvalue weighted by atomic mass is 19.1. The molecule has 2 aliphatic rings. The third kappa shape index (κ3) is 7.23. The Morgan fingerprint density at radius 3 is 2.22 bits per heavy atom. The highest BCUT2D eigenvalue weighted by molar-refractivity contribution is 5.48. The quantitative estimate of drug-likeness (QED) is 0.183. The van der Waals surface area contributed by atoms with Crippen molar-refractivity contribution < 1.29 is 32.5 Å². The molecule has 41 heavy (non-hydrogen) atoms. The summed E-state index contributed by atoms with van der Waals surface area (Å²) in [6.45, 7) is 2.94. The molecule has 1 atom stereocenters. The number of benzene rings is 4. The molecule has 7 heteroatoms. The first-order valence-corrected chi connectivity index (χ1v) is 13.8. The van der Waals surface area contributed by atoms with Gasteiger partial charge in [0.2, 0.25) is 0 Å². The van der Waals surface area contributed by atoms with E-state index in [9.17, 15) is 13.6 Å². The number of halogens is 2. The van der Waals surface area contributed by atoms with Crippen LogP contribution >= 0.6 is 0 Å². The Morgan fingerprint density at radius 1 is 0.829 bits per heavy atom. The summed E-state index contributed by atoms with van der Waals surface area (Å²) in [5, 5.41) is 0. The van der Waals surface area contributed by atoms with E-state index in [4.69, 9.17) is 14.2 Å². The normalized spacial score (nSPS) is 15.2. The van der Waals surface area contributed by atoms with Gasteiger partial charge in [0.25, 0.3) is 6.47 Å². The van der Waals surface area contributed by atoms with Crippen LogP contribution in [0, 0.1) is 11.6 Å². The first-order chi connectivity index (χ1) is 20.1. The van der Waals surface area contributed by atoms with Gasteiger partial charge in [-0.25, -0.2) is 8.78 Å². The van der Waals surface area contributed by atoms with Crippen molar-refractivity contribution >= 4 is 6.47 Å². The smallest absolute Gasteiger partial charge is 0.293 e. The van der Waals surface area contributed by atoms with E-state index >= 15 is 0 Å². The van der Waals surface area contributed by atoms with Crippen LogP contribution in [-0.2, 0) is 22.6 Å². The fraction of sp³-hybridized carbons (Fsp3) is 0.265. The minimum absolute atomic E-state index is 0.150. The first kappa shape index (κ1) is 28.1. The van der Waals surface area contributed by atoms with E-state index in [-0.39, 0.29) is 24.3 Å². The monoisotopic (exact) mass is 558 g/mol. The largest absolute Gasteiger partial charge is 0.486 e. The molecule has 0 spiro atoms. The predicted octanol–water partition coefficient (Wildman–Crippen LogP) is 8.46. The SMILES string of the molecule is CCOC=O.Fc1cc(Oc2ccc(F)c3c2CCC3Oc2ccc(C3CC3)cc2)ccc1OCc1ccccc1. The highest BCUT2D eigenvalue weighted by Gasteiger charge is 2.31. The Morgan fingerprint density at radius 2 is 1.56 bits per heavy atom. The second-order valence-corrected chi connectivity index (χ2v) is 9.95. The summed E-state index contributed by atoms with van der Waals surface area (Å²) in [6, 6.07) is 25.2. The molecule has 0 N–H and O–H groups in total. The van der Waals surface area contributed by atoms with Crippen molar-refractivity contribution in [2.45, 2.75) is 51.2 Å². The minimum atomic E-state index is -0.516. The number of hydrogen-bond donors (Lipinski definition) is 0. The lowest BCUT2D eigenvalue weighted by molar-refractivity contribution is -0.128. The number of carbonyl (C=O) groups excluding carboxylic acids is 1. The second-order valence-electron chi connectivity index (χ2n) is 9.95. The predicted molar refractivity (Wildman–Crippen MR) is 151 cm³/mol. The fourth-order valence-electron chi connectivity index (χ4n) is 4.85. The standard InChI is InChI=1S/C31H26F2O3.C3H6O2/c32-26-14-17-28(36-24-12-15-29(27(33)18-24)34-19-20-4-2-1-3-5-20)25-13-16-30(31(25)26)35-23-10-8-22(9-11-23)21-6-7-21;1-2-5-3-4/h1-5,8-12,14-15,17-18,21,30H,6-7,13,16,19H2;3H,2H2,1H3. The van der Waals surface area contributed by atoms with Crippen molar-refractivity contribution in [2.75, 3.05) is 6.61 Å². The summed E-state index contributed by atoms with van der Waals surface area (Å²) in [6.07, 6.45) is 3.38. The summed E-state index contributed by atoms with van der Waals surface area (Å²) in [5.41, 5.74) is 3.57. The van der Waals surface area contributed by atoms with Gasteiger partial charge in [0.05, 0.1) is 6.61 Å². The number of fused-ring (bicyclic) bond motifs is 1. The van der Waals surface area contributed by atoms with E-state index < -0.39 is 5.82 Å². The van der Waals surface area contributed by atoms with E-state index in [2.05, 4.69) is 16.9 Å². The molecular weight excluding hydrogens is 526 g/mol. The topological polar surface area (TPSA) is 54.0 Å².